The number of hydrogen-bond donors (Lipinski definition) is 0. The lowest BCUT2D eigenvalue weighted by Crippen LogP contribution is -2.34. The molecule has 0 aliphatic carbocycles. The van der Waals surface area contributed by atoms with E-state index in [4.69, 9.17) is 0 Å². The maximum atomic E-state index is 3.27. The van der Waals surface area contributed by atoms with Crippen molar-refractivity contribution in [1.29, 1.82) is 0 Å². The molecule has 0 aliphatic rings. The second-order valence-electron chi connectivity index (χ2n) is 8.94. The predicted octanol–water partition coefficient (Wildman–Crippen LogP) is 4.64. The lowest BCUT2D eigenvalue weighted by Gasteiger charge is -2.18. The zero-order valence-corrected chi connectivity index (χ0v) is 16.7. The molecule has 3 rings (SSSR count). The van der Waals surface area contributed by atoms with Gasteiger partial charge >= 0.3 is 0 Å². The van der Waals surface area contributed by atoms with Crippen molar-refractivity contribution in [3.05, 3.63) is 84.4 Å². The minimum absolute atomic E-state index is 0.164. The second-order valence-corrected chi connectivity index (χ2v) is 8.94. The molecule has 0 fully saturated rings. The number of rotatable bonds is 2. The van der Waals surface area contributed by atoms with Crippen LogP contribution in [0.4, 0.5) is 0 Å². The van der Waals surface area contributed by atoms with Crippen LogP contribution in [0.25, 0.3) is 11.4 Å². The van der Waals surface area contributed by atoms with Crippen molar-refractivity contribution in [3.8, 4) is 11.4 Å². The average Bonchev–Trinajstić information content (AvgIpc) is 2.61. The van der Waals surface area contributed by atoms with Gasteiger partial charge in [0.25, 0.3) is 0 Å². The topological polar surface area (TPSA) is 7.76 Å². The molecule has 0 radical (unpaired) electrons. The van der Waals surface area contributed by atoms with Gasteiger partial charge in [-0.15, -0.1) is 12.1 Å². The van der Waals surface area contributed by atoms with E-state index in [0.29, 0.717) is 0 Å². The minimum atomic E-state index is 0.164. The van der Waals surface area contributed by atoms with Crippen molar-refractivity contribution in [2.24, 2.45) is 0 Å². The number of hydrogen-bond acceptors (Lipinski definition) is 0. The number of pyridine rings is 2. The van der Waals surface area contributed by atoms with Crippen LogP contribution >= 0.6 is 0 Å². The molecule has 2 heteroatoms. The molecule has 2 nitrogen and oxygen atoms in total. The Morgan fingerprint density at radius 1 is 0.615 bits per heavy atom. The van der Waals surface area contributed by atoms with Crippen molar-refractivity contribution in [2.75, 3.05) is 0 Å². The van der Waals surface area contributed by atoms with Crippen LogP contribution in [0.1, 0.15) is 52.7 Å². The van der Waals surface area contributed by atoms with E-state index in [1.165, 1.54) is 11.1 Å². The van der Waals surface area contributed by atoms with Crippen LogP contribution in [0.3, 0.4) is 0 Å². The van der Waals surface area contributed by atoms with Gasteiger partial charge < -0.3 is 0 Å². The van der Waals surface area contributed by atoms with Gasteiger partial charge in [0.15, 0.2) is 24.8 Å². The fourth-order valence-corrected chi connectivity index (χ4v) is 2.94. The van der Waals surface area contributed by atoms with Crippen molar-refractivity contribution < 1.29 is 9.13 Å². The quantitative estimate of drug-likeness (QED) is 0.472. The Balaban J connectivity index is 1.91. The number of aromatic nitrogens is 2. The summed E-state index contributed by atoms with van der Waals surface area (Å²) in [5.74, 6) is 0. The molecule has 0 N–H and O–H groups in total. The predicted molar refractivity (Wildman–Crippen MR) is 106 cm³/mol. The molecule has 0 saturated heterocycles. The van der Waals surface area contributed by atoms with Crippen molar-refractivity contribution in [2.45, 2.75) is 52.4 Å². The minimum Gasteiger partial charge on any atom is -0.222 e. The molecule has 0 atom stereocenters. The molecule has 0 unspecified atom stereocenters. The average molecular weight is 346 g/mol. The molecule has 1 aromatic carbocycles. The molecule has 0 aliphatic heterocycles. The SMILES string of the molecule is CC(C)(C)c1cc[n+](-c2c[c-]cc(-[n+]3ccc(C(C)(C)C)cc3)c2)cc1. The molecule has 0 amide bonds. The van der Waals surface area contributed by atoms with Gasteiger partial charge in [0.2, 0.25) is 0 Å². The summed E-state index contributed by atoms with van der Waals surface area (Å²) in [6, 6.07) is 18.3. The molecule has 3 aromatic rings. The van der Waals surface area contributed by atoms with Gasteiger partial charge in [0.05, 0.1) is 0 Å². The summed E-state index contributed by atoms with van der Waals surface area (Å²) in [7, 11) is 0. The van der Waals surface area contributed by atoms with E-state index in [9.17, 15) is 0 Å². The fourth-order valence-electron chi connectivity index (χ4n) is 2.94. The van der Waals surface area contributed by atoms with Crippen molar-refractivity contribution in [3.63, 3.8) is 0 Å². The first kappa shape index (κ1) is 18.3. The second kappa shape index (κ2) is 6.68. The molecule has 2 aromatic heterocycles. The Kier molecular flexibility index (Phi) is 4.70. The molecule has 134 valence electrons. The first-order valence-electron chi connectivity index (χ1n) is 9.20. The molecule has 0 saturated carbocycles. The first-order valence-corrected chi connectivity index (χ1v) is 9.20. The lowest BCUT2D eigenvalue weighted by molar-refractivity contribution is -0.604. The van der Waals surface area contributed by atoms with Crippen LogP contribution in [0.5, 0.6) is 0 Å². The molecule has 2 heterocycles. The van der Waals surface area contributed by atoms with E-state index in [1.54, 1.807) is 0 Å². The van der Waals surface area contributed by atoms with Gasteiger partial charge in [-0.1, -0.05) is 41.5 Å². The standard InChI is InChI=1S/C24H29N2/c1-23(2,3)19-10-14-25(15-11-19)21-8-7-9-22(18-21)26-16-12-20(13-17-26)24(4,5)6/h8-18H,1-6H3/q+1. The normalized spacial score (nSPS) is 12.2. The number of benzene rings is 1. The van der Waals surface area contributed by atoms with Crippen LogP contribution in [0.2, 0.25) is 0 Å². The highest BCUT2D eigenvalue weighted by Gasteiger charge is 2.16. The van der Waals surface area contributed by atoms with Crippen LogP contribution in [-0.4, -0.2) is 0 Å². The lowest BCUT2D eigenvalue weighted by atomic mass is 9.88. The largest absolute Gasteiger partial charge is 0.222 e. The highest BCUT2D eigenvalue weighted by atomic mass is 15.0. The van der Waals surface area contributed by atoms with E-state index < -0.39 is 0 Å². The van der Waals surface area contributed by atoms with Crippen LogP contribution < -0.4 is 9.13 Å². The maximum absolute atomic E-state index is 3.27. The van der Waals surface area contributed by atoms with Crippen LogP contribution in [0.15, 0.2) is 67.3 Å². The summed E-state index contributed by atoms with van der Waals surface area (Å²) in [5, 5.41) is 0. The number of nitrogens with zero attached hydrogens (tertiary/aromatic N) is 2. The zero-order valence-electron chi connectivity index (χ0n) is 16.7. The summed E-state index contributed by atoms with van der Waals surface area (Å²) >= 11 is 0. The van der Waals surface area contributed by atoms with Crippen molar-refractivity contribution in [1.82, 2.24) is 0 Å². The summed E-state index contributed by atoms with van der Waals surface area (Å²) in [5.41, 5.74) is 5.21. The smallest absolute Gasteiger partial charge is 0.163 e. The Morgan fingerprint density at radius 3 is 1.27 bits per heavy atom. The van der Waals surface area contributed by atoms with Gasteiger partial charge in [-0.05, 0) is 28.0 Å². The maximum Gasteiger partial charge on any atom is 0.163 e. The Hall–Kier alpha value is -2.48. The van der Waals surface area contributed by atoms with E-state index in [-0.39, 0.29) is 10.8 Å². The zero-order chi connectivity index (χ0) is 18.9. The summed E-state index contributed by atoms with van der Waals surface area (Å²) in [6.45, 7) is 13.4. The molecule has 0 bridgehead atoms. The van der Waals surface area contributed by atoms with Crippen LogP contribution in [-0.2, 0) is 10.8 Å². The van der Waals surface area contributed by atoms with Gasteiger partial charge in [0.1, 0.15) is 11.4 Å². The molecule has 0 spiro atoms. The van der Waals surface area contributed by atoms with Gasteiger partial charge in [-0.2, -0.15) is 6.07 Å². The monoisotopic (exact) mass is 345 g/mol. The third-order valence-corrected chi connectivity index (χ3v) is 4.75. The molecular weight excluding hydrogens is 316 g/mol. The fraction of sp³-hybridized carbons (Fsp3) is 0.333. The molecular formula is C24H29N2+. The molecule has 26 heavy (non-hydrogen) atoms. The third-order valence-electron chi connectivity index (χ3n) is 4.75. The van der Waals surface area contributed by atoms with E-state index >= 15 is 0 Å². The first-order chi connectivity index (χ1) is 12.1. The van der Waals surface area contributed by atoms with E-state index in [2.05, 4.69) is 112 Å². The Bertz CT molecular complexity index is 804. The van der Waals surface area contributed by atoms with Crippen LogP contribution in [0, 0.1) is 6.07 Å². The van der Waals surface area contributed by atoms with Gasteiger partial charge in [-0.3, -0.25) is 0 Å². The third kappa shape index (κ3) is 4.01. The highest BCUT2D eigenvalue weighted by Crippen LogP contribution is 2.21. The Morgan fingerprint density at radius 2 is 0.962 bits per heavy atom. The summed E-state index contributed by atoms with van der Waals surface area (Å²) in [6.07, 6.45) is 8.50. The van der Waals surface area contributed by atoms with Gasteiger partial charge in [0, 0.05) is 24.3 Å². The van der Waals surface area contributed by atoms with Crippen molar-refractivity contribution >= 4 is 0 Å². The van der Waals surface area contributed by atoms with Gasteiger partial charge in [-0.25, -0.2) is 9.13 Å². The summed E-state index contributed by atoms with van der Waals surface area (Å²) in [4.78, 5) is 0. The summed E-state index contributed by atoms with van der Waals surface area (Å²) < 4.78 is 4.28. The van der Waals surface area contributed by atoms with E-state index in [0.717, 1.165) is 11.4 Å². The Labute approximate surface area is 157 Å². The van der Waals surface area contributed by atoms with E-state index in [1.807, 2.05) is 12.1 Å². The highest BCUT2D eigenvalue weighted by molar-refractivity contribution is 5.33.